The molecule has 2 N–H and O–H groups in total. The summed E-state index contributed by atoms with van der Waals surface area (Å²) >= 11 is 0. The van der Waals surface area contributed by atoms with Gasteiger partial charge < -0.3 is 15.4 Å². The van der Waals surface area contributed by atoms with E-state index in [4.69, 9.17) is 10.00 Å². The van der Waals surface area contributed by atoms with Gasteiger partial charge in [-0.2, -0.15) is 5.26 Å². The van der Waals surface area contributed by atoms with E-state index in [0.29, 0.717) is 17.0 Å². The topological polar surface area (TPSA) is 74.2 Å². The number of nitrogens with one attached hydrogen (secondary N) is 2. The van der Waals surface area contributed by atoms with Crippen LogP contribution in [0.3, 0.4) is 0 Å². The van der Waals surface area contributed by atoms with Crippen molar-refractivity contribution in [2.24, 2.45) is 0 Å². The van der Waals surface area contributed by atoms with Gasteiger partial charge in [0.25, 0.3) is 0 Å². The summed E-state index contributed by atoms with van der Waals surface area (Å²) in [5.41, 5.74) is 3.14. The van der Waals surface area contributed by atoms with Gasteiger partial charge in [-0.15, -0.1) is 0 Å². The molecule has 2 rings (SSSR count). The van der Waals surface area contributed by atoms with E-state index in [0.717, 1.165) is 11.3 Å². The monoisotopic (exact) mass is 309 g/mol. The molecule has 0 radical (unpaired) electrons. The lowest BCUT2D eigenvalue weighted by Gasteiger charge is -2.19. The van der Waals surface area contributed by atoms with Crippen LogP contribution in [0.1, 0.15) is 31.0 Å². The minimum Gasteiger partial charge on any atom is -0.495 e. The molecule has 0 aliphatic heterocycles. The third-order valence-corrected chi connectivity index (χ3v) is 3.41. The Bertz CT molecular complexity index is 750. The molecular weight excluding hydrogens is 290 g/mol. The minimum absolute atomic E-state index is 0.00353. The van der Waals surface area contributed by atoms with E-state index in [1.165, 1.54) is 6.92 Å². The molecule has 0 bridgehead atoms. The van der Waals surface area contributed by atoms with Crippen molar-refractivity contribution in [3.8, 4) is 11.8 Å². The van der Waals surface area contributed by atoms with E-state index < -0.39 is 0 Å². The zero-order chi connectivity index (χ0) is 16.8. The van der Waals surface area contributed by atoms with Crippen molar-refractivity contribution in [1.29, 1.82) is 5.26 Å². The van der Waals surface area contributed by atoms with Gasteiger partial charge in [0.2, 0.25) is 5.91 Å². The first-order valence-corrected chi connectivity index (χ1v) is 7.25. The highest BCUT2D eigenvalue weighted by Crippen LogP contribution is 2.31. The van der Waals surface area contributed by atoms with E-state index in [2.05, 4.69) is 16.7 Å². The molecule has 1 amide bonds. The predicted octanol–water partition coefficient (Wildman–Crippen LogP) is 3.70. The fourth-order valence-corrected chi connectivity index (χ4v) is 2.29. The van der Waals surface area contributed by atoms with Crippen molar-refractivity contribution in [2.75, 3.05) is 17.7 Å². The summed E-state index contributed by atoms with van der Waals surface area (Å²) in [5, 5.41) is 15.1. The summed E-state index contributed by atoms with van der Waals surface area (Å²) in [6, 6.07) is 15.0. The first-order chi connectivity index (χ1) is 11.0. The largest absolute Gasteiger partial charge is 0.495 e. The molecule has 5 nitrogen and oxygen atoms in total. The molecule has 1 atom stereocenters. The number of hydrogen-bond donors (Lipinski definition) is 2. The maximum Gasteiger partial charge on any atom is 0.221 e. The van der Waals surface area contributed by atoms with E-state index in [1.807, 2.05) is 37.3 Å². The summed E-state index contributed by atoms with van der Waals surface area (Å²) in [5.74, 6) is 0.508. The highest BCUT2D eigenvalue weighted by molar-refractivity contribution is 5.89. The molecule has 0 spiro atoms. The third-order valence-electron chi connectivity index (χ3n) is 3.41. The number of benzene rings is 2. The third kappa shape index (κ3) is 4.24. The van der Waals surface area contributed by atoms with Crippen LogP contribution < -0.4 is 15.4 Å². The Morgan fingerprint density at radius 3 is 2.70 bits per heavy atom. The standard InChI is InChI=1S/C18H19N3O2/c1-12(15-6-4-5-14(9-15)11-19)20-17-8-7-16(21-13(2)22)10-18(17)23-3/h4-10,12,20H,1-3H3,(H,21,22)/t12-/m1/s1. The summed E-state index contributed by atoms with van der Waals surface area (Å²) in [4.78, 5) is 11.1. The summed E-state index contributed by atoms with van der Waals surface area (Å²) in [6.07, 6.45) is 0. The lowest BCUT2D eigenvalue weighted by Crippen LogP contribution is -2.09. The molecule has 0 unspecified atom stereocenters. The minimum atomic E-state index is -0.130. The van der Waals surface area contributed by atoms with E-state index in [9.17, 15) is 4.79 Å². The van der Waals surface area contributed by atoms with Gasteiger partial charge in [-0.25, -0.2) is 0 Å². The van der Waals surface area contributed by atoms with Crippen molar-refractivity contribution in [2.45, 2.75) is 19.9 Å². The molecule has 118 valence electrons. The highest BCUT2D eigenvalue weighted by atomic mass is 16.5. The molecule has 23 heavy (non-hydrogen) atoms. The Kier molecular flexibility index (Phi) is 5.21. The molecule has 0 aliphatic rings. The second-order valence-corrected chi connectivity index (χ2v) is 5.20. The van der Waals surface area contributed by atoms with Crippen LogP contribution in [0.15, 0.2) is 42.5 Å². The summed E-state index contributed by atoms with van der Waals surface area (Å²) in [7, 11) is 1.58. The van der Waals surface area contributed by atoms with Crippen molar-refractivity contribution < 1.29 is 9.53 Å². The van der Waals surface area contributed by atoms with Crippen LogP contribution in [0.2, 0.25) is 0 Å². The molecule has 2 aromatic carbocycles. The van der Waals surface area contributed by atoms with Gasteiger partial charge in [0.15, 0.2) is 0 Å². The normalized spacial score (nSPS) is 11.2. The number of carbonyl (C=O) groups is 1. The molecule has 0 saturated heterocycles. The predicted molar refractivity (Wildman–Crippen MR) is 90.5 cm³/mol. The van der Waals surface area contributed by atoms with Crippen LogP contribution in [-0.4, -0.2) is 13.0 Å². The van der Waals surface area contributed by atoms with E-state index in [1.54, 1.807) is 19.2 Å². The second kappa shape index (κ2) is 7.32. The fraction of sp³-hybridized carbons (Fsp3) is 0.222. The molecule has 0 fully saturated rings. The summed E-state index contributed by atoms with van der Waals surface area (Å²) < 4.78 is 5.38. The quantitative estimate of drug-likeness (QED) is 0.883. The molecule has 5 heteroatoms. The number of hydrogen-bond acceptors (Lipinski definition) is 4. The summed E-state index contributed by atoms with van der Waals surface area (Å²) in [6.45, 7) is 3.47. The second-order valence-electron chi connectivity index (χ2n) is 5.20. The highest BCUT2D eigenvalue weighted by Gasteiger charge is 2.10. The lowest BCUT2D eigenvalue weighted by molar-refractivity contribution is -0.114. The number of carbonyl (C=O) groups excluding carboxylic acids is 1. The lowest BCUT2D eigenvalue weighted by atomic mass is 10.1. The molecule has 0 aromatic heterocycles. The number of ether oxygens (including phenoxy) is 1. The van der Waals surface area contributed by atoms with Gasteiger partial charge >= 0.3 is 0 Å². The molecule has 0 heterocycles. The van der Waals surface area contributed by atoms with Crippen molar-refractivity contribution in [3.05, 3.63) is 53.6 Å². The average molecular weight is 309 g/mol. The van der Waals surface area contributed by atoms with Gasteiger partial charge in [-0.05, 0) is 36.8 Å². The molecule has 0 saturated carbocycles. The Morgan fingerprint density at radius 1 is 1.26 bits per heavy atom. The molecule has 0 aliphatic carbocycles. The van der Waals surface area contributed by atoms with Gasteiger partial charge in [0, 0.05) is 24.7 Å². The maximum absolute atomic E-state index is 11.1. The van der Waals surface area contributed by atoms with Crippen LogP contribution in [0.5, 0.6) is 5.75 Å². The maximum atomic E-state index is 11.1. The van der Waals surface area contributed by atoms with Crippen molar-refractivity contribution in [3.63, 3.8) is 0 Å². The zero-order valence-corrected chi connectivity index (χ0v) is 13.4. The zero-order valence-electron chi connectivity index (χ0n) is 13.4. The van der Waals surface area contributed by atoms with Crippen LogP contribution in [0.4, 0.5) is 11.4 Å². The van der Waals surface area contributed by atoms with Gasteiger partial charge in [-0.1, -0.05) is 12.1 Å². The SMILES string of the molecule is COc1cc(NC(C)=O)ccc1N[C@H](C)c1cccc(C#N)c1. The van der Waals surface area contributed by atoms with Crippen LogP contribution in [0, 0.1) is 11.3 Å². The van der Waals surface area contributed by atoms with E-state index >= 15 is 0 Å². The smallest absolute Gasteiger partial charge is 0.221 e. The Balaban J connectivity index is 2.21. The first kappa shape index (κ1) is 16.4. The van der Waals surface area contributed by atoms with E-state index in [-0.39, 0.29) is 11.9 Å². The van der Waals surface area contributed by atoms with Crippen molar-refractivity contribution in [1.82, 2.24) is 0 Å². The van der Waals surface area contributed by atoms with Crippen LogP contribution in [0.25, 0.3) is 0 Å². The Labute approximate surface area is 135 Å². The molecule has 2 aromatic rings. The van der Waals surface area contributed by atoms with Crippen LogP contribution in [-0.2, 0) is 4.79 Å². The number of amides is 1. The number of nitriles is 1. The van der Waals surface area contributed by atoms with Gasteiger partial charge in [0.1, 0.15) is 5.75 Å². The first-order valence-electron chi connectivity index (χ1n) is 7.25. The number of rotatable bonds is 5. The van der Waals surface area contributed by atoms with Crippen molar-refractivity contribution >= 4 is 17.3 Å². The van der Waals surface area contributed by atoms with Gasteiger partial charge in [-0.3, -0.25) is 4.79 Å². The Hall–Kier alpha value is -3.00. The van der Waals surface area contributed by atoms with Crippen LogP contribution >= 0.6 is 0 Å². The fourth-order valence-electron chi connectivity index (χ4n) is 2.29. The van der Waals surface area contributed by atoms with Gasteiger partial charge in [0.05, 0.1) is 24.4 Å². The molecular formula is C18H19N3O2. The Morgan fingerprint density at radius 2 is 2.04 bits per heavy atom. The number of anilines is 2. The number of nitrogens with zero attached hydrogens (tertiary/aromatic N) is 1. The number of methoxy groups -OCH3 is 1. The average Bonchev–Trinajstić information content (AvgIpc) is 2.55.